The number of rotatable bonds is 4. The normalized spacial score (nSPS) is 19.6. The van der Waals surface area contributed by atoms with E-state index < -0.39 is 0 Å². The van der Waals surface area contributed by atoms with Gasteiger partial charge in [0.2, 0.25) is 5.91 Å². The van der Waals surface area contributed by atoms with Gasteiger partial charge in [-0.3, -0.25) is 4.79 Å². The minimum absolute atomic E-state index is 0.130. The number of carbonyl (C=O) groups is 1. The third kappa shape index (κ3) is 4.70. The second-order valence-corrected chi connectivity index (χ2v) is 8.48. The Kier molecular flexibility index (Phi) is 6.18. The van der Waals surface area contributed by atoms with E-state index in [2.05, 4.69) is 19.9 Å². The average molecular weight is 380 g/mol. The monoisotopic (exact) mass is 379 g/mol. The molecule has 3 rings (SSSR count). The molecule has 1 aliphatic rings. The van der Waals surface area contributed by atoms with Crippen LogP contribution < -0.4 is 0 Å². The second kappa shape index (κ2) is 8.58. The topological polar surface area (TPSA) is 57.0 Å². The first-order valence-electron chi connectivity index (χ1n) is 9.35. The van der Waals surface area contributed by atoms with E-state index in [-0.39, 0.29) is 5.91 Å². The van der Waals surface area contributed by atoms with Gasteiger partial charge in [-0.15, -0.1) is 0 Å². The number of benzene rings is 1. The van der Waals surface area contributed by atoms with Crippen molar-refractivity contribution in [3.05, 3.63) is 47.5 Å². The molecule has 140 valence electrons. The predicted molar refractivity (Wildman–Crippen MR) is 109 cm³/mol. The fraction of sp³-hybridized carbons (Fsp3) is 0.409. The van der Waals surface area contributed by atoms with Crippen LogP contribution in [0, 0.1) is 30.1 Å². The summed E-state index contributed by atoms with van der Waals surface area (Å²) in [6.45, 7) is 8.01. The summed E-state index contributed by atoms with van der Waals surface area (Å²) in [5.41, 5.74) is 3.38. The summed E-state index contributed by atoms with van der Waals surface area (Å²) in [6, 6.07) is 14.0. The van der Waals surface area contributed by atoms with E-state index in [0.29, 0.717) is 28.2 Å². The third-order valence-corrected chi connectivity index (χ3v) is 5.88. The van der Waals surface area contributed by atoms with Crippen LogP contribution in [-0.2, 0) is 4.79 Å². The minimum atomic E-state index is 0.130. The molecule has 5 heteroatoms. The number of piperidine rings is 1. The SMILES string of the molecule is Cc1cc(C#N)c(SCC(=O)N2CC(C)CC(C)C2)nc1-c1ccccc1. The molecule has 2 aromatic rings. The predicted octanol–water partition coefficient (Wildman–Crippen LogP) is 4.53. The number of aromatic nitrogens is 1. The van der Waals surface area contributed by atoms with Gasteiger partial charge in [-0.2, -0.15) is 5.26 Å². The van der Waals surface area contributed by atoms with Crippen LogP contribution in [0.4, 0.5) is 0 Å². The quantitative estimate of drug-likeness (QED) is 0.733. The first-order chi connectivity index (χ1) is 13.0. The number of nitriles is 1. The molecule has 1 aromatic carbocycles. The van der Waals surface area contributed by atoms with Crippen molar-refractivity contribution in [2.75, 3.05) is 18.8 Å². The highest BCUT2D eigenvalue weighted by Crippen LogP contribution is 2.29. The molecule has 1 saturated heterocycles. The van der Waals surface area contributed by atoms with Crippen molar-refractivity contribution in [3.8, 4) is 17.3 Å². The van der Waals surface area contributed by atoms with Crippen molar-refractivity contribution >= 4 is 17.7 Å². The molecule has 0 aliphatic carbocycles. The molecular weight excluding hydrogens is 354 g/mol. The van der Waals surface area contributed by atoms with Gasteiger partial charge in [0.05, 0.1) is 17.0 Å². The molecule has 4 nitrogen and oxygen atoms in total. The number of thioether (sulfide) groups is 1. The van der Waals surface area contributed by atoms with Gasteiger partial charge >= 0.3 is 0 Å². The number of pyridine rings is 1. The number of hydrogen-bond donors (Lipinski definition) is 0. The third-order valence-electron chi connectivity index (χ3n) is 4.90. The molecule has 2 atom stereocenters. The number of likely N-dealkylation sites (tertiary alicyclic amines) is 1. The highest BCUT2D eigenvalue weighted by atomic mass is 32.2. The zero-order valence-electron chi connectivity index (χ0n) is 16.1. The molecular formula is C22H25N3OS. The first-order valence-corrected chi connectivity index (χ1v) is 10.3. The van der Waals surface area contributed by atoms with Gasteiger partial charge in [-0.1, -0.05) is 55.9 Å². The lowest BCUT2D eigenvalue weighted by Crippen LogP contribution is -2.43. The lowest BCUT2D eigenvalue weighted by Gasteiger charge is -2.35. The van der Waals surface area contributed by atoms with Crippen molar-refractivity contribution in [1.29, 1.82) is 5.26 Å². The van der Waals surface area contributed by atoms with Crippen LogP contribution >= 0.6 is 11.8 Å². The van der Waals surface area contributed by atoms with Gasteiger partial charge in [-0.25, -0.2) is 4.98 Å². The summed E-state index contributed by atoms with van der Waals surface area (Å²) < 4.78 is 0. The van der Waals surface area contributed by atoms with Crippen LogP contribution in [0.15, 0.2) is 41.4 Å². The van der Waals surface area contributed by atoms with Crippen molar-refractivity contribution in [2.24, 2.45) is 11.8 Å². The molecule has 0 saturated carbocycles. The van der Waals surface area contributed by atoms with Crippen molar-refractivity contribution in [2.45, 2.75) is 32.2 Å². The van der Waals surface area contributed by atoms with Crippen LogP contribution in [0.3, 0.4) is 0 Å². The smallest absolute Gasteiger partial charge is 0.233 e. The number of carbonyl (C=O) groups excluding carboxylic acids is 1. The maximum atomic E-state index is 12.7. The second-order valence-electron chi connectivity index (χ2n) is 7.52. The summed E-state index contributed by atoms with van der Waals surface area (Å²) in [7, 11) is 0. The molecule has 1 amide bonds. The summed E-state index contributed by atoms with van der Waals surface area (Å²) >= 11 is 1.37. The molecule has 0 radical (unpaired) electrons. The molecule has 1 fully saturated rings. The van der Waals surface area contributed by atoms with Crippen LogP contribution in [0.2, 0.25) is 0 Å². The standard InChI is InChI=1S/C22H25N3OS/c1-15-9-16(2)13-25(12-15)20(26)14-27-22-19(11-23)10-17(3)21(24-22)18-7-5-4-6-8-18/h4-8,10,15-16H,9,12-14H2,1-3H3. The Balaban J connectivity index is 1.78. The molecule has 2 unspecified atom stereocenters. The van der Waals surface area contributed by atoms with Crippen molar-refractivity contribution in [3.63, 3.8) is 0 Å². The maximum absolute atomic E-state index is 12.7. The van der Waals surface area contributed by atoms with Gasteiger partial charge in [0.15, 0.2) is 0 Å². The number of nitrogens with zero attached hydrogens (tertiary/aromatic N) is 3. The van der Waals surface area contributed by atoms with Crippen LogP contribution in [0.5, 0.6) is 0 Å². The van der Waals surface area contributed by atoms with Crippen LogP contribution in [-0.4, -0.2) is 34.6 Å². The van der Waals surface area contributed by atoms with E-state index >= 15 is 0 Å². The van der Waals surface area contributed by atoms with E-state index in [1.165, 1.54) is 18.2 Å². The Hall–Kier alpha value is -2.32. The number of amides is 1. The average Bonchev–Trinajstić information content (AvgIpc) is 2.66. The summed E-state index contributed by atoms with van der Waals surface area (Å²) in [6.07, 6.45) is 1.18. The highest BCUT2D eigenvalue weighted by Gasteiger charge is 2.25. The van der Waals surface area contributed by atoms with Gasteiger partial charge in [-0.05, 0) is 36.8 Å². The summed E-state index contributed by atoms with van der Waals surface area (Å²) in [4.78, 5) is 19.4. The van der Waals surface area contributed by atoms with E-state index in [1.807, 2.05) is 48.2 Å². The molecule has 0 N–H and O–H groups in total. The van der Waals surface area contributed by atoms with Gasteiger partial charge < -0.3 is 4.90 Å². The Labute approximate surface area is 165 Å². The number of aryl methyl sites for hydroxylation is 1. The Morgan fingerprint density at radius 1 is 1.26 bits per heavy atom. The Morgan fingerprint density at radius 3 is 2.56 bits per heavy atom. The largest absolute Gasteiger partial charge is 0.341 e. The zero-order chi connectivity index (χ0) is 19.4. The van der Waals surface area contributed by atoms with E-state index in [0.717, 1.165) is 29.9 Å². The molecule has 1 aromatic heterocycles. The molecule has 0 bridgehead atoms. The van der Waals surface area contributed by atoms with Gasteiger partial charge in [0, 0.05) is 18.7 Å². The van der Waals surface area contributed by atoms with Crippen molar-refractivity contribution in [1.82, 2.24) is 9.88 Å². The van der Waals surface area contributed by atoms with Gasteiger partial charge in [0.25, 0.3) is 0 Å². The fourth-order valence-electron chi connectivity index (χ4n) is 3.76. The number of hydrogen-bond acceptors (Lipinski definition) is 4. The highest BCUT2D eigenvalue weighted by molar-refractivity contribution is 8.00. The van der Waals surface area contributed by atoms with Gasteiger partial charge in [0.1, 0.15) is 11.1 Å². The van der Waals surface area contributed by atoms with E-state index in [9.17, 15) is 10.1 Å². The Bertz CT molecular complexity index is 850. The van der Waals surface area contributed by atoms with E-state index in [1.54, 1.807) is 0 Å². The Morgan fingerprint density at radius 2 is 1.93 bits per heavy atom. The molecule has 0 spiro atoms. The minimum Gasteiger partial charge on any atom is -0.341 e. The first kappa shape index (κ1) is 19.4. The maximum Gasteiger partial charge on any atom is 0.233 e. The zero-order valence-corrected chi connectivity index (χ0v) is 16.9. The summed E-state index contributed by atoms with van der Waals surface area (Å²) in [5, 5.41) is 10.1. The van der Waals surface area contributed by atoms with Crippen LogP contribution in [0.25, 0.3) is 11.3 Å². The molecule has 1 aliphatic heterocycles. The lowest BCUT2D eigenvalue weighted by molar-refractivity contribution is -0.130. The van der Waals surface area contributed by atoms with E-state index in [4.69, 9.17) is 4.98 Å². The molecule has 27 heavy (non-hydrogen) atoms. The molecule has 2 heterocycles. The van der Waals surface area contributed by atoms with Crippen LogP contribution in [0.1, 0.15) is 31.4 Å². The van der Waals surface area contributed by atoms with Crippen molar-refractivity contribution < 1.29 is 4.79 Å². The lowest BCUT2D eigenvalue weighted by atomic mass is 9.92. The fourth-order valence-corrected chi connectivity index (χ4v) is 4.62. The summed E-state index contributed by atoms with van der Waals surface area (Å²) in [5.74, 6) is 1.53.